The third-order valence-electron chi connectivity index (χ3n) is 10.6. The lowest BCUT2D eigenvalue weighted by molar-refractivity contribution is -0.167. The van der Waals surface area contributed by atoms with Gasteiger partial charge in [-0.1, -0.05) is 208 Å². The second-order valence-electron chi connectivity index (χ2n) is 16.8. The zero-order chi connectivity index (χ0) is 45.8. The van der Waals surface area contributed by atoms with E-state index in [2.05, 4.69) is 118 Å². The number of allylic oxidation sites excluding steroid dienone is 16. The van der Waals surface area contributed by atoms with Gasteiger partial charge >= 0.3 is 17.9 Å². The smallest absolute Gasteiger partial charge is 0.306 e. The Hall–Kier alpha value is -3.67. The third-order valence-corrected chi connectivity index (χ3v) is 10.6. The number of carbonyl (C=O) groups excluding carboxylic acids is 3. The molecule has 0 bridgehead atoms. The van der Waals surface area contributed by atoms with Gasteiger partial charge in [0.15, 0.2) is 6.10 Å². The molecule has 0 saturated carbocycles. The molecule has 0 aliphatic carbocycles. The van der Waals surface area contributed by atoms with Crippen LogP contribution >= 0.6 is 0 Å². The molecule has 0 heterocycles. The first-order valence-electron chi connectivity index (χ1n) is 25.8. The zero-order valence-electron chi connectivity index (χ0n) is 40.8. The summed E-state index contributed by atoms with van der Waals surface area (Å²) in [6, 6.07) is 0. The van der Waals surface area contributed by atoms with E-state index in [0.717, 1.165) is 96.3 Å². The van der Waals surface area contributed by atoms with Gasteiger partial charge in [0.05, 0.1) is 0 Å². The van der Waals surface area contributed by atoms with Crippen molar-refractivity contribution in [3.63, 3.8) is 0 Å². The molecule has 0 fully saturated rings. The molecule has 0 radical (unpaired) electrons. The Labute approximate surface area is 387 Å². The standard InChI is InChI=1S/C57H94O6/c1-4-7-10-13-16-19-22-25-27-28-30-32-35-38-41-44-47-50-56(59)62-53-54(52-61-55(58)49-46-43-40-37-34-31-24-21-18-15-12-9-6-3)63-57(60)51-48-45-42-39-36-33-29-26-23-20-17-14-11-8-5-2/h9,12,15,17-18,20-21,23-27,30,32,38,41,54H,4-8,10-11,13-14,16,19,22,28-29,31,33-37,39-40,42-53H2,1-3H3/b12-9+,18-15+,20-17+,24-21+,26-23+,27-25+,32-30+,41-38+. The summed E-state index contributed by atoms with van der Waals surface area (Å²) >= 11 is 0. The van der Waals surface area contributed by atoms with Crippen LogP contribution in [-0.4, -0.2) is 37.2 Å². The second-order valence-corrected chi connectivity index (χ2v) is 16.8. The number of hydrogen-bond acceptors (Lipinski definition) is 6. The Kier molecular flexibility index (Phi) is 48.0. The maximum Gasteiger partial charge on any atom is 0.306 e. The maximum atomic E-state index is 12.8. The van der Waals surface area contributed by atoms with Crippen molar-refractivity contribution in [1.29, 1.82) is 0 Å². The van der Waals surface area contributed by atoms with Crippen LogP contribution in [-0.2, 0) is 28.6 Å². The molecule has 0 aromatic carbocycles. The van der Waals surface area contributed by atoms with Crippen molar-refractivity contribution in [1.82, 2.24) is 0 Å². The average molecular weight is 875 g/mol. The van der Waals surface area contributed by atoms with E-state index in [0.29, 0.717) is 19.3 Å². The molecule has 0 rings (SSSR count). The van der Waals surface area contributed by atoms with Crippen LogP contribution < -0.4 is 0 Å². The van der Waals surface area contributed by atoms with Gasteiger partial charge in [0.1, 0.15) is 13.2 Å². The van der Waals surface area contributed by atoms with Gasteiger partial charge in [0, 0.05) is 19.3 Å². The number of rotatable bonds is 45. The van der Waals surface area contributed by atoms with Crippen LogP contribution in [0.1, 0.15) is 226 Å². The predicted molar refractivity (Wildman–Crippen MR) is 270 cm³/mol. The molecular formula is C57H94O6. The van der Waals surface area contributed by atoms with Gasteiger partial charge < -0.3 is 14.2 Å². The first-order chi connectivity index (χ1) is 31.0. The summed E-state index contributed by atoms with van der Waals surface area (Å²) in [5.74, 6) is -0.999. The van der Waals surface area contributed by atoms with Crippen molar-refractivity contribution < 1.29 is 28.6 Å². The minimum absolute atomic E-state index is 0.110. The molecule has 0 aromatic rings. The Morgan fingerprint density at radius 2 is 0.698 bits per heavy atom. The highest BCUT2D eigenvalue weighted by Crippen LogP contribution is 2.13. The van der Waals surface area contributed by atoms with Gasteiger partial charge in [-0.15, -0.1) is 0 Å². The molecule has 0 aliphatic rings. The summed E-state index contributed by atoms with van der Waals surface area (Å²) in [5, 5.41) is 0. The Morgan fingerprint density at radius 3 is 1.21 bits per heavy atom. The average Bonchev–Trinajstić information content (AvgIpc) is 3.28. The largest absolute Gasteiger partial charge is 0.462 e. The lowest BCUT2D eigenvalue weighted by atomic mass is 10.1. The van der Waals surface area contributed by atoms with Crippen molar-refractivity contribution in [3.05, 3.63) is 97.2 Å². The van der Waals surface area contributed by atoms with E-state index in [-0.39, 0.29) is 37.5 Å². The first kappa shape index (κ1) is 59.3. The number of ether oxygens (including phenoxy) is 3. The van der Waals surface area contributed by atoms with E-state index < -0.39 is 6.10 Å². The lowest BCUT2D eigenvalue weighted by Gasteiger charge is -2.18. The summed E-state index contributed by atoms with van der Waals surface area (Å²) in [6.07, 6.45) is 66.8. The summed E-state index contributed by atoms with van der Waals surface area (Å²) in [6.45, 7) is 6.39. The highest BCUT2D eigenvalue weighted by molar-refractivity contribution is 5.71. The van der Waals surface area contributed by atoms with Crippen molar-refractivity contribution >= 4 is 17.9 Å². The topological polar surface area (TPSA) is 78.9 Å². The molecular weight excluding hydrogens is 781 g/mol. The summed E-state index contributed by atoms with van der Waals surface area (Å²) < 4.78 is 16.7. The molecule has 0 amide bonds. The van der Waals surface area contributed by atoms with Crippen molar-refractivity contribution in [3.8, 4) is 0 Å². The highest BCUT2D eigenvalue weighted by Gasteiger charge is 2.19. The number of carbonyl (C=O) groups is 3. The molecule has 0 N–H and O–H groups in total. The second kappa shape index (κ2) is 51.0. The predicted octanol–water partition coefficient (Wildman–Crippen LogP) is 17.0. The zero-order valence-corrected chi connectivity index (χ0v) is 40.8. The molecule has 6 nitrogen and oxygen atoms in total. The van der Waals surface area contributed by atoms with E-state index >= 15 is 0 Å². The minimum Gasteiger partial charge on any atom is -0.462 e. The first-order valence-corrected chi connectivity index (χ1v) is 25.8. The fourth-order valence-electron chi connectivity index (χ4n) is 6.74. The number of hydrogen-bond donors (Lipinski definition) is 0. The number of esters is 3. The fourth-order valence-corrected chi connectivity index (χ4v) is 6.74. The normalized spacial score (nSPS) is 12.9. The van der Waals surface area contributed by atoms with Gasteiger partial charge in [-0.3, -0.25) is 14.4 Å². The van der Waals surface area contributed by atoms with Crippen LogP contribution in [0.2, 0.25) is 0 Å². The van der Waals surface area contributed by atoms with Crippen LogP contribution in [0.4, 0.5) is 0 Å². The van der Waals surface area contributed by atoms with E-state index in [1.54, 1.807) is 0 Å². The summed E-state index contributed by atoms with van der Waals surface area (Å²) in [7, 11) is 0. The molecule has 0 saturated heterocycles. The van der Waals surface area contributed by atoms with Crippen LogP contribution in [0.5, 0.6) is 0 Å². The van der Waals surface area contributed by atoms with Crippen molar-refractivity contribution in [2.45, 2.75) is 232 Å². The summed E-state index contributed by atoms with van der Waals surface area (Å²) in [4.78, 5) is 37.9. The quantitative estimate of drug-likeness (QED) is 0.0199. The molecule has 0 aromatic heterocycles. The summed E-state index contributed by atoms with van der Waals surface area (Å²) in [5.41, 5.74) is 0. The van der Waals surface area contributed by atoms with Crippen molar-refractivity contribution in [2.24, 2.45) is 0 Å². The van der Waals surface area contributed by atoms with E-state index in [1.807, 2.05) is 0 Å². The molecule has 358 valence electrons. The van der Waals surface area contributed by atoms with Gasteiger partial charge in [-0.05, 0) is 96.3 Å². The monoisotopic (exact) mass is 875 g/mol. The van der Waals surface area contributed by atoms with Gasteiger partial charge in [0.25, 0.3) is 0 Å². The molecule has 1 unspecified atom stereocenters. The Morgan fingerprint density at radius 1 is 0.349 bits per heavy atom. The van der Waals surface area contributed by atoms with Crippen LogP contribution in [0.25, 0.3) is 0 Å². The SMILES string of the molecule is CC/C=C/C=C/C=C/CCCCCCCC(=O)OCC(COC(=O)CCC/C=C/C/C=C/C/C=C/CCCCCCCC)OC(=O)CCCCCCCC/C=C/C=C/CCCCC. The molecule has 0 aliphatic heterocycles. The highest BCUT2D eigenvalue weighted by atomic mass is 16.6. The Bertz CT molecular complexity index is 1280. The molecule has 0 spiro atoms. The minimum atomic E-state index is -0.813. The van der Waals surface area contributed by atoms with Crippen molar-refractivity contribution in [2.75, 3.05) is 13.2 Å². The maximum absolute atomic E-state index is 12.8. The third kappa shape index (κ3) is 49.2. The van der Waals surface area contributed by atoms with E-state index in [9.17, 15) is 14.4 Å². The van der Waals surface area contributed by atoms with Crippen LogP contribution in [0.15, 0.2) is 97.2 Å². The molecule has 1 atom stereocenters. The lowest BCUT2D eigenvalue weighted by Crippen LogP contribution is -2.30. The van der Waals surface area contributed by atoms with Crippen LogP contribution in [0.3, 0.4) is 0 Å². The molecule has 63 heavy (non-hydrogen) atoms. The van der Waals surface area contributed by atoms with E-state index in [4.69, 9.17) is 14.2 Å². The van der Waals surface area contributed by atoms with Crippen LogP contribution in [0, 0.1) is 0 Å². The van der Waals surface area contributed by atoms with Gasteiger partial charge in [-0.25, -0.2) is 0 Å². The van der Waals surface area contributed by atoms with E-state index in [1.165, 1.54) is 83.5 Å². The Balaban J connectivity index is 4.52. The fraction of sp³-hybridized carbons (Fsp3) is 0.667. The molecule has 6 heteroatoms. The van der Waals surface area contributed by atoms with Gasteiger partial charge in [0.2, 0.25) is 0 Å². The van der Waals surface area contributed by atoms with Gasteiger partial charge in [-0.2, -0.15) is 0 Å². The number of unbranched alkanes of at least 4 members (excludes halogenated alkanes) is 21.